The van der Waals surface area contributed by atoms with Crippen molar-refractivity contribution in [2.24, 2.45) is 0 Å². The van der Waals surface area contributed by atoms with Crippen LogP contribution < -0.4 is 14.4 Å². The number of nitrogens with one attached hydrogen (secondary N) is 1. The number of sulfonamides is 1. The van der Waals surface area contributed by atoms with E-state index >= 15 is 0 Å². The van der Waals surface area contributed by atoms with E-state index in [4.69, 9.17) is 4.74 Å². The number of anilines is 2. The van der Waals surface area contributed by atoms with E-state index in [2.05, 4.69) is 21.2 Å². The zero-order valence-electron chi connectivity index (χ0n) is 17.2. The van der Waals surface area contributed by atoms with Gasteiger partial charge >= 0.3 is 0 Å². The smallest absolute Gasteiger partial charge is 0.264 e. The maximum absolute atomic E-state index is 13.5. The maximum Gasteiger partial charge on any atom is 0.264 e. The topological polar surface area (TPSA) is 75.7 Å². The lowest BCUT2D eigenvalue weighted by molar-refractivity contribution is -0.114. The summed E-state index contributed by atoms with van der Waals surface area (Å²) in [5, 5.41) is 2.75. The monoisotopic (exact) mass is 502 g/mol. The second kappa shape index (κ2) is 9.98. The van der Waals surface area contributed by atoms with Crippen molar-refractivity contribution in [1.82, 2.24) is 0 Å². The van der Waals surface area contributed by atoms with E-state index in [0.717, 1.165) is 20.8 Å². The first-order valence-corrected chi connectivity index (χ1v) is 11.9. The van der Waals surface area contributed by atoms with Crippen molar-refractivity contribution >= 4 is 43.2 Å². The van der Waals surface area contributed by atoms with Crippen molar-refractivity contribution in [3.63, 3.8) is 0 Å². The molecule has 0 fully saturated rings. The van der Waals surface area contributed by atoms with Gasteiger partial charge in [0.15, 0.2) is 0 Å². The van der Waals surface area contributed by atoms with Crippen LogP contribution in [0.1, 0.15) is 12.5 Å². The molecule has 6 nitrogen and oxygen atoms in total. The number of benzene rings is 3. The minimum absolute atomic E-state index is 0.0908. The number of rotatable bonds is 8. The van der Waals surface area contributed by atoms with Gasteiger partial charge in [0.1, 0.15) is 12.3 Å². The predicted octanol–water partition coefficient (Wildman–Crippen LogP) is 4.85. The third kappa shape index (κ3) is 5.45. The van der Waals surface area contributed by atoms with Gasteiger partial charge in [0.25, 0.3) is 10.0 Å². The molecule has 0 atom stereocenters. The average molecular weight is 503 g/mol. The molecular formula is C23H23BrN2O4S. The number of hydrogen-bond acceptors (Lipinski definition) is 4. The van der Waals surface area contributed by atoms with Gasteiger partial charge in [0.2, 0.25) is 5.91 Å². The van der Waals surface area contributed by atoms with Crippen LogP contribution in [0.4, 0.5) is 11.4 Å². The number of ether oxygens (including phenoxy) is 1. The van der Waals surface area contributed by atoms with E-state index in [1.165, 1.54) is 19.2 Å². The number of amides is 1. The molecule has 31 heavy (non-hydrogen) atoms. The third-order valence-electron chi connectivity index (χ3n) is 4.67. The molecule has 3 rings (SSSR count). The van der Waals surface area contributed by atoms with Gasteiger partial charge in [-0.3, -0.25) is 9.10 Å². The normalized spacial score (nSPS) is 11.1. The number of nitrogens with zero attached hydrogens (tertiary/aromatic N) is 1. The van der Waals surface area contributed by atoms with Crippen molar-refractivity contribution in [2.75, 3.05) is 23.3 Å². The summed E-state index contributed by atoms with van der Waals surface area (Å²) in [5.41, 5.74) is 1.87. The van der Waals surface area contributed by atoms with Gasteiger partial charge in [-0.2, -0.15) is 0 Å². The van der Waals surface area contributed by atoms with Gasteiger partial charge in [0.05, 0.1) is 17.7 Å². The first-order chi connectivity index (χ1) is 14.8. The number of hydrogen-bond donors (Lipinski definition) is 1. The minimum Gasteiger partial charge on any atom is -0.495 e. The largest absolute Gasteiger partial charge is 0.495 e. The van der Waals surface area contributed by atoms with Crippen molar-refractivity contribution < 1.29 is 17.9 Å². The van der Waals surface area contributed by atoms with E-state index in [-0.39, 0.29) is 4.90 Å². The highest BCUT2D eigenvalue weighted by molar-refractivity contribution is 9.10. The lowest BCUT2D eigenvalue weighted by Gasteiger charge is -2.26. The zero-order valence-corrected chi connectivity index (χ0v) is 19.6. The first kappa shape index (κ1) is 22.8. The molecule has 0 aliphatic rings. The summed E-state index contributed by atoms with van der Waals surface area (Å²) in [4.78, 5) is 12.9. The van der Waals surface area contributed by atoms with Crippen LogP contribution >= 0.6 is 15.9 Å². The fourth-order valence-corrected chi connectivity index (χ4v) is 4.75. The number of halogens is 1. The molecule has 0 aromatic heterocycles. The third-order valence-corrected chi connectivity index (χ3v) is 6.97. The lowest BCUT2D eigenvalue weighted by atomic mass is 10.1. The van der Waals surface area contributed by atoms with Gasteiger partial charge in [-0.1, -0.05) is 47.1 Å². The molecule has 3 aromatic rings. The van der Waals surface area contributed by atoms with Crippen LogP contribution in [0.3, 0.4) is 0 Å². The second-order valence-electron chi connectivity index (χ2n) is 6.74. The quantitative estimate of drug-likeness (QED) is 0.477. The molecule has 0 bridgehead atoms. The van der Waals surface area contributed by atoms with E-state index in [9.17, 15) is 13.2 Å². The Morgan fingerprint density at radius 2 is 1.71 bits per heavy atom. The average Bonchev–Trinajstić information content (AvgIpc) is 2.79. The highest BCUT2D eigenvalue weighted by Crippen LogP contribution is 2.33. The van der Waals surface area contributed by atoms with Crippen LogP contribution in [-0.4, -0.2) is 28.0 Å². The summed E-state index contributed by atoms with van der Waals surface area (Å²) < 4.78 is 34.4. The van der Waals surface area contributed by atoms with Gasteiger partial charge in [-0.15, -0.1) is 0 Å². The van der Waals surface area contributed by atoms with Crippen molar-refractivity contribution in [3.05, 3.63) is 82.8 Å². The fourth-order valence-electron chi connectivity index (χ4n) is 3.03. The number of carbonyl (C=O) groups excluding carboxylic acids is 1. The van der Waals surface area contributed by atoms with Crippen molar-refractivity contribution in [2.45, 2.75) is 18.2 Å². The molecule has 8 heteroatoms. The number of carbonyl (C=O) groups is 1. The summed E-state index contributed by atoms with van der Waals surface area (Å²) in [6, 6.07) is 20.4. The van der Waals surface area contributed by atoms with Crippen LogP contribution in [0.15, 0.2) is 82.2 Å². The predicted molar refractivity (Wildman–Crippen MR) is 126 cm³/mol. The number of aryl methyl sites for hydroxylation is 1. The van der Waals surface area contributed by atoms with Gasteiger partial charge in [0, 0.05) is 10.2 Å². The van der Waals surface area contributed by atoms with E-state index in [1.807, 2.05) is 13.0 Å². The Morgan fingerprint density at radius 3 is 2.32 bits per heavy atom. The molecule has 0 saturated carbocycles. The molecule has 1 amide bonds. The molecule has 0 spiro atoms. The fraction of sp³-hybridized carbons (Fsp3) is 0.174. The molecule has 1 N–H and O–H groups in total. The van der Waals surface area contributed by atoms with Gasteiger partial charge < -0.3 is 10.1 Å². The van der Waals surface area contributed by atoms with Crippen molar-refractivity contribution in [1.29, 1.82) is 0 Å². The number of methoxy groups -OCH3 is 1. The Balaban J connectivity index is 2.00. The highest BCUT2D eigenvalue weighted by atomic mass is 79.9. The highest BCUT2D eigenvalue weighted by Gasteiger charge is 2.29. The minimum atomic E-state index is -4.02. The summed E-state index contributed by atoms with van der Waals surface area (Å²) in [7, 11) is -2.54. The molecule has 0 aliphatic heterocycles. The maximum atomic E-state index is 13.5. The Kier molecular flexibility index (Phi) is 7.35. The van der Waals surface area contributed by atoms with Crippen LogP contribution in [0.5, 0.6) is 5.75 Å². The van der Waals surface area contributed by atoms with E-state index < -0.39 is 22.5 Å². The summed E-state index contributed by atoms with van der Waals surface area (Å²) in [6.07, 6.45) is 0.770. The Labute approximate surface area is 191 Å². The molecule has 0 unspecified atom stereocenters. The molecule has 0 aliphatic carbocycles. The Hall–Kier alpha value is -2.84. The molecule has 0 radical (unpaired) electrons. The molecule has 3 aromatic carbocycles. The lowest BCUT2D eigenvalue weighted by Crippen LogP contribution is -2.38. The second-order valence-corrected chi connectivity index (χ2v) is 9.52. The first-order valence-electron chi connectivity index (χ1n) is 9.65. The molecular weight excluding hydrogens is 480 g/mol. The van der Waals surface area contributed by atoms with Crippen molar-refractivity contribution in [3.8, 4) is 5.75 Å². The van der Waals surface area contributed by atoms with Crippen LogP contribution in [-0.2, 0) is 21.2 Å². The Morgan fingerprint density at radius 1 is 1.03 bits per heavy atom. The van der Waals surface area contributed by atoms with Crippen LogP contribution in [0, 0.1) is 0 Å². The zero-order chi connectivity index (χ0) is 22.4. The molecule has 0 saturated heterocycles. The van der Waals surface area contributed by atoms with Gasteiger partial charge in [-0.25, -0.2) is 8.42 Å². The molecule has 0 heterocycles. The van der Waals surface area contributed by atoms with Crippen LogP contribution in [0.2, 0.25) is 0 Å². The van der Waals surface area contributed by atoms with Crippen LogP contribution in [0.25, 0.3) is 0 Å². The standard InChI is InChI=1S/C23H23BrN2O4S/c1-3-17-9-14-21(22(15-17)30-2)26(31(28,29)20-7-5-4-6-8-20)16-23(27)25-19-12-10-18(24)11-13-19/h4-15H,3,16H2,1-2H3,(H,25,27). The Bertz CT molecular complexity index is 1150. The van der Waals surface area contributed by atoms with E-state index in [0.29, 0.717) is 17.1 Å². The van der Waals surface area contributed by atoms with E-state index in [1.54, 1.807) is 54.6 Å². The summed E-state index contributed by atoms with van der Waals surface area (Å²) in [5.74, 6) is -0.0845. The summed E-state index contributed by atoms with van der Waals surface area (Å²) in [6.45, 7) is 1.59. The SMILES string of the molecule is CCc1ccc(N(CC(=O)Nc2ccc(Br)cc2)S(=O)(=O)c2ccccc2)c(OC)c1. The van der Waals surface area contributed by atoms with Gasteiger partial charge in [-0.05, 0) is 60.5 Å². The summed E-state index contributed by atoms with van der Waals surface area (Å²) >= 11 is 3.35. The molecule has 162 valence electrons.